The zero-order valence-electron chi connectivity index (χ0n) is 13.7. The molecule has 7 heteroatoms. The van der Waals surface area contributed by atoms with E-state index >= 15 is 0 Å². The van der Waals surface area contributed by atoms with Crippen molar-refractivity contribution in [1.29, 1.82) is 0 Å². The van der Waals surface area contributed by atoms with Crippen molar-refractivity contribution in [3.8, 4) is 16.9 Å². The number of nitrogens with two attached hydrogens (primary N) is 1. The van der Waals surface area contributed by atoms with Gasteiger partial charge >= 0.3 is 5.97 Å². The lowest BCUT2D eigenvalue weighted by Gasteiger charge is -2.30. The number of fused-ring (bicyclic) bond motifs is 1. The molecular weight excluding hydrogens is 328 g/mol. The number of ether oxygens (including phenoxy) is 2. The SMILES string of the molecule is CCOC(=O)c1c(-c2ccc3c(c2)N(C)C(=O)C(C)O3)csc1N. The summed E-state index contributed by atoms with van der Waals surface area (Å²) in [6.45, 7) is 3.74. The molecule has 2 heterocycles. The molecule has 126 valence electrons. The van der Waals surface area contributed by atoms with Gasteiger partial charge in [0.25, 0.3) is 5.91 Å². The third-order valence-corrected chi connectivity index (χ3v) is 4.72. The topological polar surface area (TPSA) is 81.9 Å². The van der Waals surface area contributed by atoms with Crippen LogP contribution in [0.25, 0.3) is 11.1 Å². The normalized spacial score (nSPS) is 16.5. The number of carbonyl (C=O) groups excluding carboxylic acids is 2. The van der Waals surface area contributed by atoms with Crippen molar-refractivity contribution in [3.63, 3.8) is 0 Å². The zero-order chi connectivity index (χ0) is 17.4. The Balaban J connectivity index is 2.07. The highest BCUT2D eigenvalue weighted by atomic mass is 32.1. The number of amides is 1. The van der Waals surface area contributed by atoms with E-state index in [2.05, 4.69) is 0 Å². The summed E-state index contributed by atoms with van der Waals surface area (Å²) >= 11 is 1.28. The van der Waals surface area contributed by atoms with Crippen molar-refractivity contribution < 1.29 is 19.1 Å². The minimum Gasteiger partial charge on any atom is -0.479 e. The molecule has 24 heavy (non-hydrogen) atoms. The summed E-state index contributed by atoms with van der Waals surface area (Å²) in [5, 5.41) is 2.23. The summed E-state index contributed by atoms with van der Waals surface area (Å²) in [6, 6.07) is 5.47. The van der Waals surface area contributed by atoms with Crippen LogP contribution in [0.1, 0.15) is 24.2 Å². The lowest BCUT2D eigenvalue weighted by atomic mass is 10.0. The van der Waals surface area contributed by atoms with E-state index in [1.165, 1.54) is 11.3 Å². The van der Waals surface area contributed by atoms with Crippen molar-refractivity contribution >= 4 is 33.9 Å². The summed E-state index contributed by atoms with van der Waals surface area (Å²) in [5.41, 5.74) is 8.44. The fourth-order valence-electron chi connectivity index (χ4n) is 2.68. The second-order valence-corrected chi connectivity index (χ2v) is 6.36. The van der Waals surface area contributed by atoms with Gasteiger partial charge in [0.2, 0.25) is 0 Å². The average Bonchev–Trinajstić information content (AvgIpc) is 2.94. The molecule has 0 radical (unpaired) electrons. The zero-order valence-corrected chi connectivity index (χ0v) is 14.5. The van der Waals surface area contributed by atoms with E-state index in [0.717, 1.165) is 5.56 Å². The molecule has 1 aromatic heterocycles. The maximum absolute atomic E-state index is 12.2. The van der Waals surface area contributed by atoms with Crippen LogP contribution in [0.15, 0.2) is 23.6 Å². The number of likely N-dealkylation sites (N-methyl/N-ethyl adjacent to an activating group) is 1. The highest BCUT2D eigenvalue weighted by Crippen LogP contribution is 2.40. The van der Waals surface area contributed by atoms with Gasteiger partial charge in [0, 0.05) is 18.0 Å². The molecule has 0 spiro atoms. The molecule has 1 unspecified atom stereocenters. The maximum atomic E-state index is 12.2. The Morgan fingerprint density at radius 3 is 2.92 bits per heavy atom. The Bertz CT molecular complexity index is 815. The number of hydrogen-bond donors (Lipinski definition) is 1. The van der Waals surface area contributed by atoms with Crippen LogP contribution in [0.4, 0.5) is 10.7 Å². The van der Waals surface area contributed by atoms with Gasteiger partial charge in [0.1, 0.15) is 16.3 Å². The second kappa shape index (κ2) is 6.16. The molecule has 0 fully saturated rings. The van der Waals surface area contributed by atoms with E-state index in [4.69, 9.17) is 15.2 Å². The van der Waals surface area contributed by atoms with Crippen molar-refractivity contribution in [2.75, 3.05) is 24.3 Å². The highest BCUT2D eigenvalue weighted by Gasteiger charge is 2.29. The van der Waals surface area contributed by atoms with Gasteiger partial charge in [0.05, 0.1) is 12.3 Å². The van der Waals surface area contributed by atoms with Crippen molar-refractivity contribution in [3.05, 3.63) is 29.1 Å². The first-order chi connectivity index (χ1) is 11.4. The highest BCUT2D eigenvalue weighted by molar-refractivity contribution is 7.15. The first kappa shape index (κ1) is 16.3. The van der Waals surface area contributed by atoms with Crippen molar-refractivity contribution in [2.45, 2.75) is 20.0 Å². The molecule has 0 saturated carbocycles. The Morgan fingerprint density at radius 2 is 2.21 bits per heavy atom. The van der Waals surface area contributed by atoms with Gasteiger partial charge < -0.3 is 20.1 Å². The van der Waals surface area contributed by atoms with Gasteiger partial charge in [-0.1, -0.05) is 6.07 Å². The predicted molar refractivity (Wildman–Crippen MR) is 93.6 cm³/mol. The number of carbonyl (C=O) groups is 2. The number of esters is 1. The molecule has 0 aliphatic carbocycles. The smallest absolute Gasteiger partial charge is 0.341 e. The van der Waals surface area contributed by atoms with Crippen LogP contribution >= 0.6 is 11.3 Å². The van der Waals surface area contributed by atoms with E-state index in [0.29, 0.717) is 27.6 Å². The molecular formula is C17H18N2O4S. The van der Waals surface area contributed by atoms with Gasteiger partial charge in [-0.3, -0.25) is 4.79 Å². The number of rotatable bonds is 3. The van der Waals surface area contributed by atoms with Gasteiger partial charge in [0.15, 0.2) is 6.10 Å². The first-order valence-electron chi connectivity index (χ1n) is 7.56. The first-order valence-corrected chi connectivity index (χ1v) is 8.44. The standard InChI is InChI=1S/C17H18N2O4S/c1-4-22-17(21)14-11(8-24-15(14)18)10-5-6-13-12(7-10)19(3)16(20)9(2)23-13/h5-9H,4,18H2,1-3H3. The second-order valence-electron chi connectivity index (χ2n) is 5.45. The minimum absolute atomic E-state index is 0.116. The van der Waals surface area contributed by atoms with E-state index in [9.17, 15) is 9.59 Å². The van der Waals surface area contributed by atoms with E-state index in [1.807, 2.05) is 17.5 Å². The van der Waals surface area contributed by atoms with Crippen LogP contribution in [0.5, 0.6) is 5.75 Å². The van der Waals surface area contributed by atoms with E-state index in [-0.39, 0.29) is 12.5 Å². The number of anilines is 2. The molecule has 1 atom stereocenters. The largest absolute Gasteiger partial charge is 0.479 e. The molecule has 6 nitrogen and oxygen atoms in total. The van der Waals surface area contributed by atoms with Crippen molar-refractivity contribution in [2.24, 2.45) is 0 Å². The van der Waals surface area contributed by atoms with Crippen LogP contribution in [0.3, 0.4) is 0 Å². The minimum atomic E-state index is -0.514. The Kier molecular flexibility index (Phi) is 4.19. The van der Waals surface area contributed by atoms with Crippen LogP contribution in [-0.4, -0.2) is 31.6 Å². The number of nitrogen functional groups attached to an aromatic ring is 1. The van der Waals surface area contributed by atoms with Gasteiger partial charge in [-0.25, -0.2) is 4.79 Å². The molecule has 1 aromatic carbocycles. The number of thiophene rings is 1. The molecule has 0 bridgehead atoms. The summed E-state index contributed by atoms with van der Waals surface area (Å²) in [5.74, 6) is 0.0719. The van der Waals surface area contributed by atoms with Crippen LogP contribution in [0, 0.1) is 0 Å². The fraction of sp³-hybridized carbons (Fsp3) is 0.294. The number of nitrogens with zero attached hydrogens (tertiary/aromatic N) is 1. The van der Waals surface area contributed by atoms with E-state index < -0.39 is 12.1 Å². The molecule has 3 rings (SSSR count). The molecule has 0 saturated heterocycles. The maximum Gasteiger partial charge on any atom is 0.341 e. The van der Waals surface area contributed by atoms with Crippen LogP contribution in [0.2, 0.25) is 0 Å². The Morgan fingerprint density at radius 1 is 1.46 bits per heavy atom. The monoisotopic (exact) mass is 346 g/mol. The summed E-state index contributed by atoms with van der Waals surface area (Å²) in [4.78, 5) is 25.9. The molecule has 1 aliphatic rings. The fourth-order valence-corrected chi connectivity index (χ4v) is 3.49. The summed E-state index contributed by atoms with van der Waals surface area (Å²) in [6.07, 6.45) is -0.514. The molecule has 1 amide bonds. The third kappa shape index (κ3) is 2.60. The molecule has 2 aromatic rings. The molecule has 1 aliphatic heterocycles. The van der Waals surface area contributed by atoms with Gasteiger partial charge in [-0.15, -0.1) is 11.3 Å². The molecule has 2 N–H and O–H groups in total. The third-order valence-electron chi connectivity index (χ3n) is 3.91. The summed E-state index contributed by atoms with van der Waals surface area (Å²) in [7, 11) is 1.71. The lowest BCUT2D eigenvalue weighted by molar-refractivity contribution is -0.125. The Labute approximate surface area is 143 Å². The number of hydrogen-bond acceptors (Lipinski definition) is 6. The quantitative estimate of drug-likeness (QED) is 0.864. The summed E-state index contributed by atoms with van der Waals surface area (Å²) < 4.78 is 10.7. The average molecular weight is 346 g/mol. The number of benzene rings is 1. The Hall–Kier alpha value is -2.54. The van der Waals surface area contributed by atoms with Crippen LogP contribution in [-0.2, 0) is 9.53 Å². The predicted octanol–water partition coefficient (Wildman–Crippen LogP) is 2.92. The van der Waals surface area contributed by atoms with E-state index in [1.54, 1.807) is 31.9 Å². The van der Waals surface area contributed by atoms with Gasteiger partial charge in [-0.2, -0.15) is 0 Å². The van der Waals surface area contributed by atoms with Crippen molar-refractivity contribution in [1.82, 2.24) is 0 Å². The lowest BCUT2D eigenvalue weighted by Crippen LogP contribution is -2.41. The van der Waals surface area contributed by atoms with Crippen LogP contribution < -0.4 is 15.4 Å². The van der Waals surface area contributed by atoms with Gasteiger partial charge in [-0.05, 0) is 31.5 Å².